The van der Waals surface area contributed by atoms with Crippen LogP contribution in [0.3, 0.4) is 0 Å². The first-order chi connectivity index (χ1) is 11.3. The number of hydrogen-bond acceptors (Lipinski definition) is 5. The number of allylic oxidation sites excluding steroid dienone is 2. The van der Waals surface area contributed by atoms with Crippen LogP contribution in [-0.4, -0.2) is 34.9 Å². The van der Waals surface area contributed by atoms with Gasteiger partial charge in [-0.3, -0.25) is 0 Å². The Kier molecular flexibility index (Phi) is 6.00. The van der Waals surface area contributed by atoms with E-state index in [0.29, 0.717) is 29.9 Å². The van der Waals surface area contributed by atoms with Gasteiger partial charge in [0.05, 0.1) is 0 Å². The topological polar surface area (TPSA) is 12.9 Å². The zero-order valence-corrected chi connectivity index (χ0v) is 19.2. The average molecular weight is 507 g/mol. The first-order valence-corrected chi connectivity index (χ1v) is 15.2. The van der Waals surface area contributed by atoms with Crippen molar-refractivity contribution in [1.82, 2.24) is 4.98 Å². The number of thioether (sulfide) groups is 4. The van der Waals surface area contributed by atoms with E-state index >= 15 is 0 Å². The summed E-state index contributed by atoms with van der Waals surface area (Å²) in [5.74, 6) is 2.36. The Bertz CT molecular complexity index is 694. The quantitative estimate of drug-likeness (QED) is 0.488. The number of aromatic nitrogens is 1. The summed E-state index contributed by atoms with van der Waals surface area (Å²) in [7, 11) is 0. The Balaban J connectivity index is 1.44. The predicted octanol–water partition coefficient (Wildman–Crippen LogP) is 5.65. The number of rotatable bonds is 4. The summed E-state index contributed by atoms with van der Waals surface area (Å²) < 4.78 is 6.47. The second kappa shape index (κ2) is 8.01. The molecule has 3 heterocycles. The van der Waals surface area contributed by atoms with Crippen molar-refractivity contribution in [3.05, 3.63) is 56.0 Å². The van der Waals surface area contributed by atoms with E-state index in [4.69, 9.17) is 0 Å². The summed E-state index contributed by atoms with van der Waals surface area (Å²) in [6.07, 6.45) is 7.88. The molecule has 0 aromatic carbocycles. The Morgan fingerprint density at radius 2 is 1.78 bits per heavy atom. The van der Waals surface area contributed by atoms with Crippen LogP contribution in [0.4, 0.5) is 0 Å². The molecule has 1 aromatic rings. The van der Waals surface area contributed by atoms with E-state index in [0.717, 1.165) is 0 Å². The van der Waals surface area contributed by atoms with E-state index in [9.17, 15) is 0 Å². The van der Waals surface area contributed by atoms with Crippen molar-refractivity contribution in [1.29, 1.82) is 0 Å². The summed E-state index contributed by atoms with van der Waals surface area (Å²) >= 11 is 9.43. The fraction of sp³-hybridized carbons (Fsp3) is 0.312. The van der Waals surface area contributed by atoms with Crippen LogP contribution in [-0.2, 0) is 5.32 Å². The van der Waals surface area contributed by atoms with Crippen LogP contribution in [0.2, 0.25) is 5.82 Å². The van der Waals surface area contributed by atoms with Gasteiger partial charge in [-0.15, -0.1) is 0 Å². The van der Waals surface area contributed by atoms with Gasteiger partial charge < -0.3 is 0 Å². The molecule has 0 unspecified atom stereocenters. The van der Waals surface area contributed by atoms with Crippen molar-refractivity contribution in [2.45, 2.75) is 30.4 Å². The van der Waals surface area contributed by atoms with Gasteiger partial charge in [-0.2, -0.15) is 0 Å². The van der Waals surface area contributed by atoms with Crippen molar-refractivity contribution < 1.29 is 0 Å². The molecule has 7 heteroatoms. The van der Waals surface area contributed by atoms with E-state index in [2.05, 4.69) is 63.9 Å². The zero-order valence-electron chi connectivity index (χ0n) is 12.5. The standard InChI is InChI=1S/C16H15NS4Se2/c1-22-15-16(23-9-10-4-3-7-17-8-10)21-14(20-15)13-18-11-5-2-6-12(11)19-13/h3-4,7-8H,2,5-6,9H2,1H3. The molecule has 3 aliphatic rings. The number of pyridine rings is 1. The summed E-state index contributed by atoms with van der Waals surface area (Å²) in [5.41, 5.74) is 1.37. The molecule has 0 fully saturated rings. The minimum absolute atomic E-state index is 0.542. The summed E-state index contributed by atoms with van der Waals surface area (Å²) in [4.78, 5) is 7.57. The summed E-state index contributed by atoms with van der Waals surface area (Å²) in [5, 5.41) is 1.17. The zero-order chi connectivity index (χ0) is 15.6. The Morgan fingerprint density at radius 3 is 2.48 bits per heavy atom. The molecule has 0 amide bonds. The molecular formula is C16H15NS4Se2. The molecule has 23 heavy (non-hydrogen) atoms. The molecule has 0 spiro atoms. The fourth-order valence-electron chi connectivity index (χ4n) is 2.43. The van der Waals surface area contributed by atoms with E-state index in [1.165, 1.54) is 30.1 Å². The van der Waals surface area contributed by atoms with Crippen LogP contribution in [0.25, 0.3) is 0 Å². The van der Waals surface area contributed by atoms with Crippen molar-refractivity contribution in [2.75, 3.05) is 0 Å². The average Bonchev–Trinajstić information content (AvgIpc) is 3.27. The molecule has 2 aliphatic heterocycles. The second-order valence-corrected chi connectivity index (χ2v) is 14.8. The third kappa shape index (κ3) is 3.98. The van der Waals surface area contributed by atoms with Crippen LogP contribution in [0.1, 0.15) is 24.8 Å². The van der Waals surface area contributed by atoms with Gasteiger partial charge in [0, 0.05) is 0 Å². The molecule has 0 saturated carbocycles. The molecule has 4 rings (SSSR count). The fourth-order valence-corrected chi connectivity index (χ4v) is 15.1. The van der Waals surface area contributed by atoms with Gasteiger partial charge in [0.15, 0.2) is 0 Å². The SMILES string of the molecule is C[Se]C1=C([Se]Cc2cccnc2)SC(=C2SC3=C(CCC3)S2)S1. The molecule has 0 bridgehead atoms. The first kappa shape index (κ1) is 17.2. The summed E-state index contributed by atoms with van der Waals surface area (Å²) in [6.45, 7) is 0. The van der Waals surface area contributed by atoms with Gasteiger partial charge in [-0.1, -0.05) is 0 Å². The maximum absolute atomic E-state index is 4.24. The maximum atomic E-state index is 4.24. The van der Waals surface area contributed by atoms with Gasteiger partial charge in [-0.05, 0) is 0 Å². The molecule has 120 valence electrons. The van der Waals surface area contributed by atoms with Crippen molar-refractivity contribution in [3.8, 4) is 0 Å². The van der Waals surface area contributed by atoms with E-state index in [1.54, 1.807) is 25.9 Å². The van der Waals surface area contributed by atoms with Crippen LogP contribution in [0, 0.1) is 0 Å². The van der Waals surface area contributed by atoms with Gasteiger partial charge >= 0.3 is 168 Å². The Labute approximate surface area is 167 Å². The third-order valence-electron chi connectivity index (χ3n) is 3.53. The first-order valence-electron chi connectivity index (χ1n) is 7.31. The van der Waals surface area contributed by atoms with Crippen molar-refractivity contribution in [3.63, 3.8) is 0 Å². The number of hydrogen-bond donors (Lipinski definition) is 0. The molecule has 1 aromatic heterocycles. The van der Waals surface area contributed by atoms with Crippen LogP contribution in [0.5, 0.6) is 0 Å². The monoisotopic (exact) mass is 509 g/mol. The van der Waals surface area contributed by atoms with Gasteiger partial charge in [0.2, 0.25) is 0 Å². The Hall–Kier alpha value is 0.809. The van der Waals surface area contributed by atoms with Crippen LogP contribution < -0.4 is 0 Å². The molecule has 1 nitrogen and oxygen atoms in total. The van der Waals surface area contributed by atoms with E-state index < -0.39 is 0 Å². The van der Waals surface area contributed by atoms with Crippen LogP contribution in [0.15, 0.2) is 50.4 Å². The third-order valence-corrected chi connectivity index (χ3v) is 16.0. The van der Waals surface area contributed by atoms with Crippen molar-refractivity contribution in [2.24, 2.45) is 0 Å². The molecule has 1 aliphatic carbocycles. The number of nitrogens with zero attached hydrogens (tertiary/aromatic N) is 1. The molecular weight excluding hydrogens is 492 g/mol. The van der Waals surface area contributed by atoms with Gasteiger partial charge in [-0.25, -0.2) is 0 Å². The van der Waals surface area contributed by atoms with Gasteiger partial charge in [0.1, 0.15) is 0 Å². The molecule has 0 saturated heterocycles. The normalized spacial score (nSPS) is 20.9. The predicted molar refractivity (Wildman–Crippen MR) is 111 cm³/mol. The van der Waals surface area contributed by atoms with Gasteiger partial charge in [0.25, 0.3) is 0 Å². The second-order valence-electron chi connectivity index (χ2n) is 5.11. The molecule has 0 N–H and O–H groups in total. The van der Waals surface area contributed by atoms with E-state index in [-0.39, 0.29) is 0 Å². The molecule has 0 atom stereocenters. The minimum atomic E-state index is 0.542. The Morgan fingerprint density at radius 1 is 1.04 bits per heavy atom. The van der Waals surface area contributed by atoms with Crippen molar-refractivity contribution >= 4 is 77.0 Å². The summed E-state index contributed by atoms with van der Waals surface area (Å²) in [6, 6.07) is 4.25. The van der Waals surface area contributed by atoms with Crippen LogP contribution >= 0.6 is 47.0 Å². The molecule has 0 radical (unpaired) electrons. The van der Waals surface area contributed by atoms with E-state index in [1.807, 2.05) is 18.5 Å².